The van der Waals surface area contributed by atoms with Crippen LogP contribution >= 0.6 is 11.6 Å². The van der Waals surface area contributed by atoms with Gasteiger partial charge in [0.1, 0.15) is 0 Å². The SMILES string of the molecule is Cc1c(C(=O)ON)nc(Cl)c(F)c1CC1CC1. The Morgan fingerprint density at radius 3 is 2.82 bits per heavy atom. The number of pyridine rings is 1. The van der Waals surface area contributed by atoms with Crippen LogP contribution in [-0.4, -0.2) is 11.0 Å². The summed E-state index contributed by atoms with van der Waals surface area (Å²) in [6.07, 6.45) is 2.73. The van der Waals surface area contributed by atoms with E-state index in [-0.39, 0.29) is 10.8 Å². The van der Waals surface area contributed by atoms with Crippen molar-refractivity contribution in [3.05, 3.63) is 27.8 Å². The minimum absolute atomic E-state index is 0.0189. The van der Waals surface area contributed by atoms with Gasteiger partial charge in [0, 0.05) is 0 Å². The van der Waals surface area contributed by atoms with Gasteiger partial charge in [-0.2, -0.15) is 5.90 Å². The van der Waals surface area contributed by atoms with Crippen LogP contribution < -0.4 is 5.90 Å². The van der Waals surface area contributed by atoms with Gasteiger partial charge in [0.15, 0.2) is 16.7 Å². The summed E-state index contributed by atoms with van der Waals surface area (Å²) < 4.78 is 13.8. The van der Waals surface area contributed by atoms with E-state index in [0.29, 0.717) is 23.5 Å². The number of carbonyl (C=O) groups is 1. The second kappa shape index (κ2) is 4.58. The van der Waals surface area contributed by atoms with Crippen LogP contribution in [-0.2, 0) is 11.3 Å². The minimum atomic E-state index is -0.804. The number of nitrogens with zero attached hydrogens (tertiary/aromatic N) is 1. The van der Waals surface area contributed by atoms with Crippen molar-refractivity contribution in [2.45, 2.75) is 26.2 Å². The maximum Gasteiger partial charge on any atom is 0.375 e. The van der Waals surface area contributed by atoms with Crippen molar-refractivity contribution in [1.82, 2.24) is 4.98 Å². The van der Waals surface area contributed by atoms with Gasteiger partial charge < -0.3 is 4.84 Å². The number of aromatic nitrogens is 1. The first-order chi connectivity index (χ1) is 8.04. The number of nitrogens with two attached hydrogens (primary N) is 1. The molecule has 4 nitrogen and oxygen atoms in total. The topological polar surface area (TPSA) is 65.2 Å². The smallest absolute Gasteiger partial charge is 0.368 e. The van der Waals surface area contributed by atoms with Crippen molar-refractivity contribution in [3.63, 3.8) is 0 Å². The third kappa shape index (κ3) is 2.40. The molecule has 0 unspecified atom stereocenters. The molecule has 1 aromatic rings. The Morgan fingerprint density at radius 1 is 1.65 bits per heavy atom. The lowest BCUT2D eigenvalue weighted by molar-refractivity contribution is 0.0495. The van der Waals surface area contributed by atoms with Crippen molar-refractivity contribution in [2.75, 3.05) is 0 Å². The summed E-state index contributed by atoms with van der Waals surface area (Å²) >= 11 is 5.66. The lowest BCUT2D eigenvalue weighted by Gasteiger charge is -2.11. The summed E-state index contributed by atoms with van der Waals surface area (Å²) in [7, 11) is 0. The normalized spacial score (nSPS) is 14.8. The molecule has 1 heterocycles. The number of carbonyl (C=O) groups excluding carboxylic acids is 1. The molecule has 0 aromatic carbocycles. The molecule has 2 rings (SSSR count). The lowest BCUT2D eigenvalue weighted by atomic mass is 10.0. The van der Waals surface area contributed by atoms with E-state index < -0.39 is 11.8 Å². The molecule has 0 saturated heterocycles. The van der Waals surface area contributed by atoms with Crippen LogP contribution in [0.5, 0.6) is 0 Å². The van der Waals surface area contributed by atoms with Gasteiger partial charge in [-0.25, -0.2) is 14.2 Å². The molecule has 92 valence electrons. The summed E-state index contributed by atoms with van der Waals surface area (Å²) in [5.74, 6) is 3.92. The van der Waals surface area contributed by atoms with E-state index in [9.17, 15) is 9.18 Å². The Hall–Kier alpha value is -1.20. The van der Waals surface area contributed by atoms with Crippen molar-refractivity contribution in [3.8, 4) is 0 Å². The van der Waals surface area contributed by atoms with E-state index in [1.54, 1.807) is 6.92 Å². The Morgan fingerprint density at radius 2 is 2.29 bits per heavy atom. The van der Waals surface area contributed by atoms with Gasteiger partial charge in [0.2, 0.25) is 0 Å². The summed E-state index contributed by atoms with van der Waals surface area (Å²) in [5, 5.41) is -0.313. The van der Waals surface area contributed by atoms with E-state index in [2.05, 4.69) is 9.82 Å². The van der Waals surface area contributed by atoms with Crippen LogP contribution in [0.2, 0.25) is 5.15 Å². The van der Waals surface area contributed by atoms with Crippen molar-refractivity contribution < 1.29 is 14.0 Å². The second-order valence-corrected chi connectivity index (χ2v) is 4.58. The maximum absolute atomic E-state index is 13.8. The maximum atomic E-state index is 13.8. The molecule has 1 aromatic heterocycles. The molecule has 0 spiro atoms. The average molecular weight is 259 g/mol. The fourth-order valence-electron chi connectivity index (χ4n) is 1.77. The molecule has 1 aliphatic rings. The average Bonchev–Trinajstić information content (AvgIpc) is 3.12. The number of hydrogen-bond donors (Lipinski definition) is 1. The Labute approximate surface area is 103 Å². The van der Waals surface area contributed by atoms with Gasteiger partial charge in [-0.05, 0) is 43.2 Å². The predicted octanol–water partition coefficient (Wildman–Crippen LogP) is 2.17. The number of rotatable bonds is 3. The first-order valence-corrected chi connectivity index (χ1v) is 5.68. The zero-order valence-electron chi connectivity index (χ0n) is 9.30. The molecular formula is C11H12ClFN2O2. The van der Waals surface area contributed by atoms with E-state index in [1.807, 2.05) is 0 Å². The van der Waals surface area contributed by atoms with E-state index in [0.717, 1.165) is 12.8 Å². The molecule has 0 amide bonds. The summed E-state index contributed by atoms with van der Waals surface area (Å²) in [6.45, 7) is 1.62. The zero-order chi connectivity index (χ0) is 12.6. The molecule has 0 aliphatic heterocycles. The highest BCUT2D eigenvalue weighted by atomic mass is 35.5. The van der Waals surface area contributed by atoms with Gasteiger partial charge in [0.05, 0.1) is 0 Å². The number of hydrogen-bond acceptors (Lipinski definition) is 4. The molecule has 1 aliphatic carbocycles. The van der Waals surface area contributed by atoms with E-state index in [1.165, 1.54) is 0 Å². The predicted molar refractivity (Wildman–Crippen MR) is 60.0 cm³/mol. The molecule has 0 radical (unpaired) electrons. The first-order valence-electron chi connectivity index (χ1n) is 5.30. The Balaban J connectivity index is 2.47. The third-order valence-electron chi connectivity index (χ3n) is 2.95. The quantitative estimate of drug-likeness (QED) is 0.667. The van der Waals surface area contributed by atoms with Gasteiger partial charge in [-0.15, -0.1) is 0 Å². The van der Waals surface area contributed by atoms with Crippen LogP contribution in [0.3, 0.4) is 0 Å². The first kappa shape index (κ1) is 12.3. The molecule has 0 bridgehead atoms. The summed E-state index contributed by atoms with van der Waals surface area (Å²) in [4.78, 5) is 19.1. The van der Waals surface area contributed by atoms with Crippen LogP contribution in [0.1, 0.15) is 34.5 Å². The minimum Gasteiger partial charge on any atom is -0.368 e. The molecule has 17 heavy (non-hydrogen) atoms. The molecule has 1 saturated carbocycles. The zero-order valence-corrected chi connectivity index (χ0v) is 10.1. The standard InChI is InChI=1S/C11H12ClFN2O2/c1-5-7(4-6-2-3-6)8(13)10(12)15-9(5)11(16)17-14/h6H,2-4,14H2,1H3. The highest BCUT2D eigenvalue weighted by Gasteiger charge is 2.27. The molecule has 2 N–H and O–H groups in total. The molecule has 1 fully saturated rings. The van der Waals surface area contributed by atoms with Gasteiger partial charge in [0.25, 0.3) is 0 Å². The fraction of sp³-hybridized carbons (Fsp3) is 0.455. The van der Waals surface area contributed by atoms with Crippen LogP contribution in [0.25, 0.3) is 0 Å². The summed E-state index contributed by atoms with van der Waals surface area (Å²) in [6, 6.07) is 0. The van der Waals surface area contributed by atoms with Crippen LogP contribution in [0.4, 0.5) is 4.39 Å². The van der Waals surface area contributed by atoms with Gasteiger partial charge >= 0.3 is 5.97 Å². The fourth-order valence-corrected chi connectivity index (χ4v) is 1.97. The van der Waals surface area contributed by atoms with Crippen LogP contribution in [0, 0.1) is 18.7 Å². The van der Waals surface area contributed by atoms with Crippen molar-refractivity contribution in [2.24, 2.45) is 11.8 Å². The van der Waals surface area contributed by atoms with Crippen molar-refractivity contribution in [1.29, 1.82) is 0 Å². The molecule has 6 heteroatoms. The third-order valence-corrected chi connectivity index (χ3v) is 3.20. The Kier molecular flexibility index (Phi) is 3.31. The van der Waals surface area contributed by atoms with Crippen LogP contribution in [0.15, 0.2) is 0 Å². The highest BCUT2D eigenvalue weighted by Crippen LogP contribution is 2.35. The molecule has 0 atom stereocenters. The van der Waals surface area contributed by atoms with Crippen molar-refractivity contribution >= 4 is 17.6 Å². The van der Waals surface area contributed by atoms with E-state index in [4.69, 9.17) is 17.5 Å². The number of halogens is 2. The second-order valence-electron chi connectivity index (χ2n) is 4.22. The summed E-state index contributed by atoms with van der Waals surface area (Å²) in [5.41, 5.74) is 0.872. The molecular weight excluding hydrogens is 247 g/mol. The lowest BCUT2D eigenvalue weighted by Crippen LogP contribution is -2.16. The Bertz CT molecular complexity index is 475. The monoisotopic (exact) mass is 258 g/mol. The highest BCUT2D eigenvalue weighted by molar-refractivity contribution is 6.29. The van der Waals surface area contributed by atoms with Gasteiger partial charge in [-0.3, -0.25) is 0 Å². The van der Waals surface area contributed by atoms with Gasteiger partial charge in [-0.1, -0.05) is 11.6 Å². The largest absolute Gasteiger partial charge is 0.375 e. The van der Waals surface area contributed by atoms with E-state index >= 15 is 0 Å².